The van der Waals surface area contributed by atoms with Crippen LogP contribution in [0.25, 0.3) is 0 Å². The molecule has 1 atom stereocenters. The molecule has 0 aromatic rings. The first kappa shape index (κ1) is 12.0. The third-order valence-corrected chi connectivity index (χ3v) is 2.98. The zero-order chi connectivity index (χ0) is 12.3. The van der Waals surface area contributed by atoms with E-state index in [0.717, 1.165) is 12.8 Å². The molecule has 5 heteroatoms. The normalized spacial score (nSPS) is 32.5. The molecular formula is C12H16O5. The summed E-state index contributed by atoms with van der Waals surface area (Å²) in [7, 11) is 0. The molecule has 94 valence electrons. The molecule has 17 heavy (non-hydrogen) atoms. The predicted octanol–water partition coefficient (Wildman–Crippen LogP) is 1.19. The van der Waals surface area contributed by atoms with Gasteiger partial charge in [0.25, 0.3) is 6.10 Å². The number of ether oxygens (including phenoxy) is 2. The molecule has 0 aromatic heterocycles. The van der Waals surface area contributed by atoms with Crippen LogP contribution in [0.1, 0.15) is 25.7 Å². The van der Waals surface area contributed by atoms with Crippen LogP contribution in [0.2, 0.25) is 0 Å². The number of rotatable bonds is 3. The predicted molar refractivity (Wildman–Crippen MR) is 59.1 cm³/mol. The van der Waals surface area contributed by atoms with E-state index >= 15 is 0 Å². The fourth-order valence-corrected chi connectivity index (χ4v) is 2.05. The highest BCUT2D eigenvalue weighted by Crippen LogP contribution is 2.25. The van der Waals surface area contributed by atoms with E-state index in [4.69, 9.17) is 14.6 Å². The van der Waals surface area contributed by atoms with Gasteiger partial charge in [0, 0.05) is 0 Å². The lowest BCUT2D eigenvalue weighted by Crippen LogP contribution is -2.31. The Hall–Kier alpha value is -1.49. The molecule has 2 rings (SSSR count). The number of aliphatic hydroxyl groups excluding tert-OH is 1. The van der Waals surface area contributed by atoms with Crippen molar-refractivity contribution in [1.82, 2.24) is 0 Å². The molecule has 5 nitrogen and oxygen atoms in total. The molecule has 1 unspecified atom stereocenters. The molecule has 0 amide bonds. The number of aliphatic hydroxyl groups is 1. The number of allylic oxidation sites excluding steroid dienone is 2. The molecule has 0 aromatic carbocycles. The zero-order valence-electron chi connectivity index (χ0n) is 9.41. The van der Waals surface area contributed by atoms with Gasteiger partial charge >= 0.3 is 5.97 Å². The molecule has 0 spiro atoms. The van der Waals surface area contributed by atoms with Crippen molar-refractivity contribution in [2.75, 3.05) is 0 Å². The van der Waals surface area contributed by atoms with Crippen LogP contribution in [-0.4, -0.2) is 34.5 Å². The molecule has 2 aliphatic rings. The summed E-state index contributed by atoms with van der Waals surface area (Å²) in [5.74, 6) is -0.724. The fourth-order valence-electron chi connectivity index (χ4n) is 2.05. The second-order valence-electron chi connectivity index (χ2n) is 4.30. The monoisotopic (exact) mass is 240 g/mol. The van der Waals surface area contributed by atoms with Crippen molar-refractivity contribution in [3.05, 3.63) is 24.2 Å². The number of hydrogen-bond donors (Lipinski definition) is 2. The van der Waals surface area contributed by atoms with E-state index in [0.29, 0.717) is 18.6 Å². The van der Waals surface area contributed by atoms with Crippen LogP contribution in [0.5, 0.6) is 0 Å². The van der Waals surface area contributed by atoms with Crippen LogP contribution in [0.4, 0.5) is 0 Å². The van der Waals surface area contributed by atoms with Gasteiger partial charge in [-0.15, -0.1) is 0 Å². The van der Waals surface area contributed by atoms with E-state index < -0.39 is 12.1 Å². The summed E-state index contributed by atoms with van der Waals surface area (Å²) < 4.78 is 10.6. The fraction of sp³-hybridized carbons (Fsp3) is 0.583. The first-order valence-corrected chi connectivity index (χ1v) is 5.76. The van der Waals surface area contributed by atoms with Gasteiger partial charge in [-0.3, -0.25) is 0 Å². The SMILES string of the molecule is O=C(O)C1OC=CC=C1O[C@H]1CC[C@H](O)CC1. The number of aliphatic carboxylic acids is 1. The largest absolute Gasteiger partial charge is 0.490 e. The van der Waals surface area contributed by atoms with Crippen molar-refractivity contribution in [3.8, 4) is 0 Å². The van der Waals surface area contributed by atoms with Crippen molar-refractivity contribution in [3.63, 3.8) is 0 Å². The molecule has 0 radical (unpaired) electrons. The average Bonchev–Trinajstić information content (AvgIpc) is 2.32. The van der Waals surface area contributed by atoms with Crippen LogP contribution in [0, 0.1) is 0 Å². The Balaban J connectivity index is 1.94. The molecule has 1 saturated carbocycles. The third-order valence-electron chi connectivity index (χ3n) is 2.98. The van der Waals surface area contributed by atoms with Crippen molar-refractivity contribution in [2.45, 2.75) is 44.0 Å². The standard InChI is InChI=1S/C12H16O5/c13-8-3-5-9(6-4-8)17-10-2-1-7-16-11(10)12(14)15/h1-2,7-9,11,13H,3-6H2,(H,14,15)/t8-,9-,11?. The van der Waals surface area contributed by atoms with Gasteiger partial charge in [0.05, 0.1) is 18.5 Å². The summed E-state index contributed by atoms with van der Waals surface area (Å²) in [6.45, 7) is 0. The molecular weight excluding hydrogens is 224 g/mol. The van der Waals surface area contributed by atoms with E-state index in [-0.39, 0.29) is 12.2 Å². The Kier molecular flexibility index (Phi) is 3.68. The van der Waals surface area contributed by atoms with Gasteiger partial charge in [-0.2, -0.15) is 0 Å². The minimum atomic E-state index is -1.06. The van der Waals surface area contributed by atoms with Crippen LogP contribution in [-0.2, 0) is 14.3 Å². The third kappa shape index (κ3) is 3.00. The smallest absolute Gasteiger partial charge is 0.352 e. The maximum Gasteiger partial charge on any atom is 0.352 e. The summed E-state index contributed by atoms with van der Waals surface area (Å²) in [5.41, 5.74) is 0. The van der Waals surface area contributed by atoms with Crippen molar-refractivity contribution in [2.24, 2.45) is 0 Å². The highest BCUT2D eigenvalue weighted by molar-refractivity contribution is 5.76. The Morgan fingerprint density at radius 2 is 2.06 bits per heavy atom. The average molecular weight is 240 g/mol. The Morgan fingerprint density at radius 1 is 1.35 bits per heavy atom. The molecule has 1 aliphatic carbocycles. The van der Waals surface area contributed by atoms with Crippen LogP contribution in [0.15, 0.2) is 24.2 Å². The maximum atomic E-state index is 10.9. The van der Waals surface area contributed by atoms with Crippen molar-refractivity contribution < 1.29 is 24.5 Å². The van der Waals surface area contributed by atoms with Gasteiger partial charge in [-0.05, 0) is 37.8 Å². The molecule has 2 N–H and O–H groups in total. The number of hydrogen-bond acceptors (Lipinski definition) is 4. The van der Waals surface area contributed by atoms with Gasteiger partial charge in [-0.1, -0.05) is 0 Å². The van der Waals surface area contributed by atoms with Crippen LogP contribution in [0.3, 0.4) is 0 Å². The highest BCUT2D eigenvalue weighted by Gasteiger charge is 2.29. The molecule has 1 aliphatic heterocycles. The quantitative estimate of drug-likeness (QED) is 0.774. The lowest BCUT2D eigenvalue weighted by Gasteiger charge is -2.29. The van der Waals surface area contributed by atoms with E-state index in [2.05, 4.69) is 0 Å². The Labute approximate surface area is 99.3 Å². The van der Waals surface area contributed by atoms with E-state index in [1.165, 1.54) is 6.26 Å². The molecule has 0 saturated heterocycles. The maximum absolute atomic E-state index is 10.9. The van der Waals surface area contributed by atoms with E-state index in [9.17, 15) is 9.90 Å². The lowest BCUT2D eigenvalue weighted by molar-refractivity contribution is -0.148. The van der Waals surface area contributed by atoms with E-state index in [1.54, 1.807) is 12.2 Å². The van der Waals surface area contributed by atoms with Crippen molar-refractivity contribution >= 4 is 5.97 Å². The number of carbonyl (C=O) groups is 1. The summed E-state index contributed by atoms with van der Waals surface area (Å²) in [4.78, 5) is 10.9. The van der Waals surface area contributed by atoms with Gasteiger partial charge in [0.1, 0.15) is 5.76 Å². The topological polar surface area (TPSA) is 76.0 Å². The van der Waals surface area contributed by atoms with Crippen LogP contribution < -0.4 is 0 Å². The summed E-state index contributed by atoms with van der Waals surface area (Å²) in [5, 5.41) is 18.3. The Morgan fingerprint density at radius 3 is 2.71 bits per heavy atom. The zero-order valence-corrected chi connectivity index (χ0v) is 9.41. The first-order chi connectivity index (χ1) is 8.16. The Bertz CT molecular complexity index is 339. The molecule has 0 bridgehead atoms. The molecule has 1 fully saturated rings. The highest BCUT2D eigenvalue weighted by atomic mass is 16.6. The lowest BCUT2D eigenvalue weighted by atomic mass is 9.95. The van der Waals surface area contributed by atoms with Crippen LogP contribution >= 0.6 is 0 Å². The number of carboxylic acids is 1. The number of carboxylic acid groups (broad SMARTS) is 1. The van der Waals surface area contributed by atoms with E-state index in [1.807, 2.05) is 0 Å². The van der Waals surface area contributed by atoms with Gasteiger partial charge in [0.2, 0.25) is 0 Å². The van der Waals surface area contributed by atoms with Gasteiger partial charge < -0.3 is 19.7 Å². The van der Waals surface area contributed by atoms with Gasteiger partial charge in [0.15, 0.2) is 0 Å². The second-order valence-corrected chi connectivity index (χ2v) is 4.30. The van der Waals surface area contributed by atoms with Crippen molar-refractivity contribution in [1.29, 1.82) is 0 Å². The first-order valence-electron chi connectivity index (χ1n) is 5.76. The van der Waals surface area contributed by atoms with Gasteiger partial charge in [-0.25, -0.2) is 4.79 Å². The summed E-state index contributed by atoms with van der Waals surface area (Å²) in [6.07, 6.45) is 6.15. The minimum Gasteiger partial charge on any atom is -0.490 e. The summed E-state index contributed by atoms with van der Waals surface area (Å²) >= 11 is 0. The second kappa shape index (κ2) is 5.23. The summed E-state index contributed by atoms with van der Waals surface area (Å²) in [6, 6.07) is 0. The minimum absolute atomic E-state index is 0.0263. The molecule has 1 heterocycles.